The molecule has 1 aromatic heterocycles. The van der Waals surface area contributed by atoms with Gasteiger partial charge in [-0.3, -0.25) is 10.4 Å². The Morgan fingerprint density at radius 3 is 3.00 bits per heavy atom. The number of nitrogens with zero attached hydrogens (tertiary/aromatic N) is 2. The molecule has 3 N–H and O–H groups in total. The van der Waals surface area contributed by atoms with Crippen LogP contribution in [0.4, 0.5) is 5.69 Å². The van der Waals surface area contributed by atoms with E-state index in [1.807, 2.05) is 12.3 Å². The van der Waals surface area contributed by atoms with E-state index >= 15 is 0 Å². The maximum absolute atomic E-state index is 7.63. The monoisotopic (exact) mass is 232 g/mol. The van der Waals surface area contributed by atoms with Gasteiger partial charge < -0.3 is 10.6 Å². The van der Waals surface area contributed by atoms with Crippen molar-refractivity contribution in [1.29, 1.82) is 5.41 Å². The third-order valence-electron chi connectivity index (χ3n) is 3.77. The fourth-order valence-electron chi connectivity index (χ4n) is 2.52. The first kappa shape index (κ1) is 11.9. The van der Waals surface area contributed by atoms with E-state index in [1.165, 1.54) is 12.8 Å². The van der Waals surface area contributed by atoms with E-state index in [9.17, 15) is 0 Å². The third kappa shape index (κ3) is 2.25. The van der Waals surface area contributed by atoms with Crippen LogP contribution in [0.15, 0.2) is 18.5 Å². The van der Waals surface area contributed by atoms with E-state index in [2.05, 4.69) is 23.7 Å². The summed E-state index contributed by atoms with van der Waals surface area (Å²) in [4.78, 5) is 6.50. The molecule has 4 nitrogen and oxygen atoms in total. The molecular formula is C13H20N4. The summed E-state index contributed by atoms with van der Waals surface area (Å²) >= 11 is 0. The van der Waals surface area contributed by atoms with Gasteiger partial charge in [0.2, 0.25) is 0 Å². The van der Waals surface area contributed by atoms with Gasteiger partial charge in [0, 0.05) is 24.3 Å². The first-order valence-electron chi connectivity index (χ1n) is 6.16. The zero-order chi connectivity index (χ0) is 12.4. The van der Waals surface area contributed by atoms with Crippen LogP contribution in [0.2, 0.25) is 0 Å². The summed E-state index contributed by atoms with van der Waals surface area (Å²) in [7, 11) is 0. The number of rotatable bonds is 2. The molecule has 1 saturated heterocycles. The fourth-order valence-corrected chi connectivity index (χ4v) is 2.52. The highest BCUT2D eigenvalue weighted by atomic mass is 15.2. The van der Waals surface area contributed by atoms with Crippen molar-refractivity contribution in [3.05, 3.63) is 24.0 Å². The van der Waals surface area contributed by atoms with Crippen molar-refractivity contribution < 1.29 is 0 Å². The maximum Gasteiger partial charge on any atom is 0.125 e. The van der Waals surface area contributed by atoms with Crippen molar-refractivity contribution in [2.45, 2.75) is 32.7 Å². The average Bonchev–Trinajstić information content (AvgIpc) is 2.33. The summed E-state index contributed by atoms with van der Waals surface area (Å²) in [5.41, 5.74) is 7.42. The molecule has 4 heteroatoms. The lowest BCUT2D eigenvalue weighted by atomic mass is 9.91. The zero-order valence-corrected chi connectivity index (χ0v) is 10.5. The van der Waals surface area contributed by atoms with Crippen LogP contribution in [0.1, 0.15) is 32.3 Å². The standard InChI is InChI=1S/C13H20N4/c1-9-4-3-7-17(10(9)2)12-8-16-6-5-11(12)13(14)15/h5-6,8-10H,3-4,7H2,1-2H3,(H3,14,15). The molecule has 1 fully saturated rings. The fraction of sp³-hybridized carbons (Fsp3) is 0.538. The van der Waals surface area contributed by atoms with Gasteiger partial charge in [0.15, 0.2) is 0 Å². The molecule has 0 spiro atoms. The molecule has 0 amide bonds. The van der Waals surface area contributed by atoms with Gasteiger partial charge in [0.1, 0.15) is 5.84 Å². The molecule has 2 atom stereocenters. The minimum atomic E-state index is 0.118. The number of hydrogen-bond donors (Lipinski definition) is 2. The summed E-state index contributed by atoms with van der Waals surface area (Å²) in [6, 6.07) is 2.30. The van der Waals surface area contributed by atoms with Crippen LogP contribution in [0.3, 0.4) is 0 Å². The molecule has 0 bridgehead atoms. The Morgan fingerprint density at radius 2 is 2.29 bits per heavy atom. The number of pyridine rings is 1. The first-order valence-corrected chi connectivity index (χ1v) is 6.16. The van der Waals surface area contributed by atoms with Gasteiger partial charge in [-0.2, -0.15) is 0 Å². The van der Waals surface area contributed by atoms with E-state index in [1.54, 1.807) is 6.20 Å². The molecule has 1 aliphatic heterocycles. The number of nitrogens with two attached hydrogens (primary N) is 1. The van der Waals surface area contributed by atoms with Crippen molar-refractivity contribution in [3.63, 3.8) is 0 Å². The highest BCUT2D eigenvalue weighted by Gasteiger charge is 2.26. The van der Waals surface area contributed by atoms with Crippen LogP contribution in [0, 0.1) is 11.3 Å². The van der Waals surface area contributed by atoms with E-state index in [0.29, 0.717) is 12.0 Å². The molecule has 2 rings (SSSR count). The van der Waals surface area contributed by atoms with Crippen molar-refractivity contribution in [3.8, 4) is 0 Å². The molecular weight excluding hydrogens is 212 g/mol. The smallest absolute Gasteiger partial charge is 0.125 e. The quantitative estimate of drug-likeness (QED) is 0.605. The number of nitrogens with one attached hydrogen (secondary N) is 1. The number of anilines is 1. The molecule has 0 saturated carbocycles. The molecule has 0 radical (unpaired) electrons. The lowest BCUT2D eigenvalue weighted by molar-refractivity contribution is 0.363. The van der Waals surface area contributed by atoms with Crippen molar-refractivity contribution in [2.75, 3.05) is 11.4 Å². The maximum atomic E-state index is 7.63. The number of hydrogen-bond acceptors (Lipinski definition) is 3. The largest absolute Gasteiger partial charge is 0.384 e. The second-order valence-corrected chi connectivity index (χ2v) is 4.86. The summed E-state index contributed by atoms with van der Waals surface area (Å²) in [5.74, 6) is 0.789. The predicted molar refractivity (Wildman–Crippen MR) is 70.5 cm³/mol. The highest BCUT2D eigenvalue weighted by Crippen LogP contribution is 2.29. The van der Waals surface area contributed by atoms with E-state index in [-0.39, 0.29) is 5.84 Å². The third-order valence-corrected chi connectivity index (χ3v) is 3.77. The van der Waals surface area contributed by atoms with Gasteiger partial charge in [-0.1, -0.05) is 6.92 Å². The van der Waals surface area contributed by atoms with E-state index in [4.69, 9.17) is 11.1 Å². The number of nitrogen functional groups attached to an aromatic ring is 1. The number of aromatic nitrogens is 1. The zero-order valence-electron chi connectivity index (χ0n) is 10.5. The molecule has 0 aromatic carbocycles. The van der Waals surface area contributed by atoms with Crippen LogP contribution in [0.5, 0.6) is 0 Å². The Kier molecular flexibility index (Phi) is 3.31. The predicted octanol–water partition coefficient (Wildman–Crippen LogP) is 1.99. The van der Waals surface area contributed by atoms with Gasteiger partial charge in [-0.25, -0.2) is 0 Å². The van der Waals surface area contributed by atoms with E-state index in [0.717, 1.165) is 17.8 Å². The minimum Gasteiger partial charge on any atom is -0.384 e. The Labute approximate surface area is 102 Å². The lowest BCUT2D eigenvalue weighted by Crippen LogP contribution is -2.43. The molecule has 1 aliphatic rings. The average molecular weight is 232 g/mol. The topological polar surface area (TPSA) is 66.0 Å². The van der Waals surface area contributed by atoms with Crippen LogP contribution in [-0.4, -0.2) is 23.4 Å². The van der Waals surface area contributed by atoms with Gasteiger partial charge in [-0.05, 0) is 31.7 Å². The Morgan fingerprint density at radius 1 is 1.53 bits per heavy atom. The first-order chi connectivity index (χ1) is 8.11. The molecule has 0 aliphatic carbocycles. The summed E-state index contributed by atoms with van der Waals surface area (Å²) in [6.45, 7) is 5.54. The van der Waals surface area contributed by atoms with Gasteiger partial charge in [0.25, 0.3) is 0 Å². The normalized spacial score (nSPS) is 24.7. The molecule has 1 aromatic rings. The van der Waals surface area contributed by atoms with E-state index < -0.39 is 0 Å². The second kappa shape index (κ2) is 4.73. The molecule has 2 heterocycles. The summed E-state index contributed by atoms with van der Waals surface area (Å²) < 4.78 is 0. The van der Waals surface area contributed by atoms with Crippen molar-refractivity contribution in [1.82, 2.24) is 4.98 Å². The van der Waals surface area contributed by atoms with Crippen LogP contribution in [0.25, 0.3) is 0 Å². The summed E-state index contributed by atoms with van der Waals surface area (Å²) in [5, 5.41) is 7.63. The second-order valence-electron chi connectivity index (χ2n) is 4.86. The van der Waals surface area contributed by atoms with Crippen LogP contribution >= 0.6 is 0 Å². The molecule has 2 unspecified atom stereocenters. The number of piperidine rings is 1. The molecule has 92 valence electrons. The highest BCUT2D eigenvalue weighted by molar-refractivity contribution is 6.00. The minimum absolute atomic E-state index is 0.118. The Bertz CT molecular complexity index is 416. The van der Waals surface area contributed by atoms with Crippen molar-refractivity contribution in [2.24, 2.45) is 11.7 Å². The van der Waals surface area contributed by atoms with Gasteiger partial charge >= 0.3 is 0 Å². The van der Waals surface area contributed by atoms with Crippen molar-refractivity contribution >= 4 is 11.5 Å². The molecule has 17 heavy (non-hydrogen) atoms. The van der Waals surface area contributed by atoms with Crippen LogP contribution < -0.4 is 10.6 Å². The summed E-state index contributed by atoms with van der Waals surface area (Å²) in [6.07, 6.45) is 5.98. The van der Waals surface area contributed by atoms with Crippen LogP contribution in [-0.2, 0) is 0 Å². The lowest BCUT2D eigenvalue weighted by Gasteiger charge is -2.40. The van der Waals surface area contributed by atoms with Gasteiger partial charge in [-0.15, -0.1) is 0 Å². The SMILES string of the molecule is CC1CCCN(c2cnccc2C(=N)N)C1C. The number of amidine groups is 1. The van der Waals surface area contributed by atoms with Gasteiger partial charge in [0.05, 0.1) is 11.9 Å². The Balaban J connectivity index is 2.36. The Hall–Kier alpha value is -1.58.